The van der Waals surface area contributed by atoms with E-state index in [0.29, 0.717) is 43.3 Å². The summed E-state index contributed by atoms with van der Waals surface area (Å²) in [7, 11) is 5.22. The van der Waals surface area contributed by atoms with Gasteiger partial charge in [-0.15, -0.1) is 0 Å². The van der Waals surface area contributed by atoms with Crippen LogP contribution in [0, 0.1) is 0 Å². The number of methoxy groups -OCH3 is 1. The number of aromatic nitrogens is 1. The summed E-state index contributed by atoms with van der Waals surface area (Å²) >= 11 is 1.22. The lowest BCUT2D eigenvalue weighted by Gasteiger charge is -2.25. The van der Waals surface area contributed by atoms with Crippen molar-refractivity contribution in [3.8, 4) is 11.3 Å². The molecule has 3 heterocycles. The normalized spacial score (nSPS) is 14.9. The Morgan fingerprint density at radius 2 is 1.85 bits per heavy atom. The van der Waals surface area contributed by atoms with E-state index >= 15 is 0 Å². The Bertz CT molecular complexity index is 1840. The first-order valence-corrected chi connectivity index (χ1v) is 13.8. The highest BCUT2D eigenvalue weighted by Gasteiger charge is 2.33. The molecule has 1 atom stereocenters. The summed E-state index contributed by atoms with van der Waals surface area (Å²) in [6.07, 6.45) is 1.66. The number of carbonyl (C=O) groups excluding carboxylic acids is 2. The Balaban J connectivity index is 1.59. The Labute approximate surface area is 240 Å². The van der Waals surface area contributed by atoms with E-state index in [9.17, 15) is 14.4 Å². The quantitative estimate of drug-likeness (QED) is 0.310. The number of benzene rings is 2. The molecule has 0 amide bonds. The third kappa shape index (κ3) is 5.38. The molecule has 0 radical (unpaired) electrons. The largest absolute Gasteiger partial charge is 0.465 e. The Morgan fingerprint density at radius 1 is 1.10 bits per heavy atom. The number of nitrogens with zero attached hydrogens (tertiary/aromatic N) is 3. The zero-order valence-electron chi connectivity index (χ0n) is 23.3. The van der Waals surface area contributed by atoms with Crippen molar-refractivity contribution in [3.63, 3.8) is 0 Å². The van der Waals surface area contributed by atoms with Gasteiger partial charge in [-0.2, -0.15) is 0 Å². The van der Waals surface area contributed by atoms with Gasteiger partial charge in [-0.3, -0.25) is 9.36 Å². The van der Waals surface area contributed by atoms with Crippen molar-refractivity contribution in [1.29, 1.82) is 0 Å². The van der Waals surface area contributed by atoms with Crippen molar-refractivity contribution >= 4 is 35.0 Å². The van der Waals surface area contributed by atoms with Gasteiger partial charge in [0.25, 0.3) is 5.56 Å². The number of hydrogen-bond acceptors (Lipinski definition) is 9. The second-order valence-corrected chi connectivity index (χ2v) is 10.6. The lowest BCUT2D eigenvalue weighted by Crippen LogP contribution is -2.39. The van der Waals surface area contributed by atoms with Crippen molar-refractivity contribution in [2.24, 2.45) is 4.99 Å². The average molecular weight is 572 g/mol. The summed E-state index contributed by atoms with van der Waals surface area (Å²) in [5.41, 5.74) is 3.40. The van der Waals surface area contributed by atoms with Gasteiger partial charge in [-0.25, -0.2) is 14.6 Å². The number of carbonyl (C=O) groups is 2. The molecule has 1 aliphatic rings. The van der Waals surface area contributed by atoms with Crippen LogP contribution in [0.2, 0.25) is 0 Å². The molecule has 4 aromatic rings. The fraction of sp³-hybridized carbons (Fsp3) is 0.226. The molecule has 0 unspecified atom stereocenters. The van der Waals surface area contributed by atoms with Crippen molar-refractivity contribution < 1.29 is 23.5 Å². The average Bonchev–Trinajstić information content (AvgIpc) is 3.56. The van der Waals surface area contributed by atoms with E-state index in [0.717, 1.165) is 11.3 Å². The van der Waals surface area contributed by atoms with E-state index in [-0.39, 0.29) is 12.2 Å². The topological polar surface area (TPSA) is 103 Å². The lowest BCUT2D eigenvalue weighted by molar-refractivity contribution is -0.139. The van der Waals surface area contributed by atoms with E-state index in [1.165, 1.54) is 18.4 Å². The number of ether oxygens (including phenoxy) is 2. The zero-order valence-corrected chi connectivity index (χ0v) is 24.2. The monoisotopic (exact) mass is 571 g/mol. The molecule has 0 aliphatic carbocycles. The fourth-order valence-corrected chi connectivity index (χ4v) is 5.72. The van der Waals surface area contributed by atoms with Gasteiger partial charge in [0.1, 0.15) is 11.5 Å². The van der Waals surface area contributed by atoms with Gasteiger partial charge in [-0.1, -0.05) is 35.6 Å². The number of thiazole rings is 1. The van der Waals surface area contributed by atoms with Crippen LogP contribution in [-0.4, -0.2) is 44.3 Å². The van der Waals surface area contributed by atoms with Crippen LogP contribution in [0.4, 0.5) is 5.69 Å². The van der Waals surface area contributed by atoms with Crippen LogP contribution in [0.15, 0.2) is 86.1 Å². The predicted octanol–water partition coefficient (Wildman–Crippen LogP) is 3.91. The van der Waals surface area contributed by atoms with Crippen molar-refractivity contribution in [1.82, 2.24) is 4.57 Å². The Kier molecular flexibility index (Phi) is 7.76. The first kappa shape index (κ1) is 27.9. The Hall–Kier alpha value is -4.70. The second kappa shape index (κ2) is 11.4. The minimum absolute atomic E-state index is 0.204. The molecule has 41 heavy (non-hydrogen) atoms. The van der Waals surface area contributed by atoms with E-state index in [1.54, 1.807) is 54.8 Å². The lowest BCUT2D eigenvalue weighted by atomic mass is 9.95. The minimum Gasteiger partial charge on any atom is -0.465 e. The van der Waals surface area contributed by atoms with Crippen molar-refractivity contribution in [3.05, 3.63) is 109 Å². The first-order chi connectivity index (χ1) is 19.7. The molecule has 10 heteroatoms. The summed E-state index contributed by atoms with van der Waals surface area (Å²) in [4.78, 5) is 46.0. The van der Waals surface area contributed by atoms with Gasteiger partial charge in [0, 0.05) is 31.4 Å². The van der Waals surface area contributed by atoms with Crippen molar-refractivity contribution in [2.45, 2.75) is 19.9 Å². The van der Waals surface area contributed by atoms with Crippen LogP contribution in [-0.2, 0) is 14.3 Å². The molecule has 0 N–H and O–H groups in total. The van der Waals surface area contributed by atoms with Crippen LogP contribution in [0.3, 0.4) is 0 Å². The van der Waals surface area contributed by atoms with Crippen molar-refractivity contribution in [2.75, 3.05) is 32.7 Å². The molecule has 0 bridgehead atoms. The standard InChI is InChI=1S/C31H29N3O6S/c1-6-39-30(37)26-18(2)32-31-34(27(26)19-10-12-22(13-11-19)33(3)4)28(35)25(41-31)17-23-14-15-24(40-23)20-8-7-9-21(16-20)29(36)38-5/h7-17,27H,6H2,1-5H3/b25-17+/t27-/m1/s1. The van der Waals surface area contributed by atoms with E-state index < -0.39 is 18.0 Å². The molecule has 0 fully saturated rings. The molecule has 2 aromatic carbocycles. The van der Waals surface area contributed by atoms with Gasteiger partial charge in [0.2, 0.25) is 0 Å². The second-order valence-electron chi connectivity index (χ2n) is 9.56. The third-order valence-corrected chi connectivity index (χ3v) is 7.69. The number of fused-ring (bicyclic) bond motifs is 1. The van der Waals surface area contributed by atoms with Crippen LogP contribution >= 0.6 is 11.3 Å². The molecule has 0 saturated carbocycles. The molecule has 0 spiro atoms. The van der Waals surface area contributed by atoms with E-state index in [2.05, 4.69) is 4.99 Å². The van der Waals surface area contributed by atoms with Gasteiger partial charge >= 0.3 is 11.9 Å². The molecular formula is C31H29N3O6S. The summed E-state index contributed by atoms with van der Waals surface area (Å²) in [5, 5.41) is 0. The molecule has 210 valence electrons. The van der Waals surface area contributed by atoms with Crippen LogP contribution in [0.5, 0.6) is 0 Å². The van der Waals surface area contributed by atoms with Crippen LogP contribution in [0.25, 0.3) is 17.4 Å². The Morgan fingerprint density at radius 3 is 2.54 bits per heavy atom. The molecule has 2 aromatic heterocycles. The van der Waals surface area contributed by atoms with E-state index in [1.807, 2.05) is 49.3 Å². The molecule has 1 aliphatic heterocycles. The van der Waals surface area contributed by atoms with Gasteiger partial charge in [0.05, 0.1) is 41.1 Å². The number of furan rings is 1. The number of allylic oxidation sites excluding steroid dienone is 1. The highest BCUT2D eigenvalue weighted by atomic mass is 32.1. The fourth-order valence-electron chi connectivity index (χ4n) is 4.69. The zero-order chi connectivity index (χ0) is 29.3. The maximum Gasteiger partial charge on any atom is 0.338 e. The van der Waals surface area contributed by atoms with E-state index in [4.69, 9.17) is 13.9 Å². The highest BCUT2D eigenvalue weighted by Crippen LogP contribution is 2.31. The maximum absolute atomic E-state index is 13.8. The number of anilines is 1. The SMILES string of the molecule is CCOC(=O)C1=C(C)N=c2s/c(=C/c3ccc(-c4cccc(C(=O)OC)c4)o3)c(=O)n2[C@@H]1c1ccc(N(C)C)cc1. The summed E-state index contributed by atoms with van der Waals surface area (Å²) in [6.45, 7) is 3.70. The predicted molar refractivity (Wildman–Crippen MR) is 157 cm³/mol. The van der Waals surface area contributed by atoms with Gasteiger partial charge in [0.15, 0.2) is 4.80 Å². The molecule has 0 saturated heterocycles. The smallest absolute Gasteiger partial charge is 0.338 e. The minimum atomic E-state index is -0.697. The summed E-state index contributed by atoms with van der Waals surface area (Å²) in [5.74, 6) is 0.0498. The summed E-state index contributed by atoms with van der Waals surface area (Å²) < 4.78 is 18.1. The third-order valence-electron chi connectivity index (χ3n) is 6.71. The number of esters is 2. The molecule has 5 rings (SSSR count). The number of rotatable bonds is 7. The maximum atomic E-state index is 13.8. The number of hydrogen-bond donors (Lipinski definition) is 0. The molecule has 9 nitrogen and oxygen atoms in total. The summed E-state index contributed by atoms with van der Waals surface area (Å²) in [6, 6.07) is 17.5. The van der Waals surface area contributed by atoms with Crippen LogP contribution in [0.1, 0.15) is 41.6 Å². The van der Waals surface area contributed by atoms with Crippen LogP contribution < -0.4 is 19.8 Å². The highest BCUT2D eigenvalue weighted by molar-refractivity contribution is 7.07. The van der Waals surface area contributed by atoms with Gasteiger partial charge < -0.3 is 18.8 Å². The van der Waals surface area contributed by atoms with Gasteiger partial charge in [-0.05, 0) is 55.8 Å². The molecular weight excluding hydrogens is 542 g/mol. The first-order valence-electron chi connectivity index (χ1n) is 13.0.